The molecular weight excluding hydrogens is 727 g/mol. The van der Waals surface area contributed by atoms with Crippen LogP contribution in [0.25, 0.3) is 44.2 Å². The zero-order valence-corrected chi connectivity index (χ0v) is 33.5. The number of aliphatic imine (C=N–C) groups is 1. The Morgan fingerprint density at radius 1 is 0.759 bits per heavy atom. The highest BCUT2D eigenvalue weighted by molar-refractivity contribution is 5.93. The van der Waals surface area contributed by atoms with Gasteiger partial charge in [0, 0.05) is 49.9 Å². The predicted octanol–water partition coefficient (Wildman–Crippen LogP) is 7.89. The predicted molar refractivity (Wildman–Crippen MR) is 228 cm³/mol. The summed E-state index contributed by atoms with van der Waals surface area (Å²) in [6.07, 6.45) is 13.5. The van der Waals surface area contributed by atoms with Crippen LogP contribution >= 0.6 is 0 Å². The third-order valence-corrected chi connectivity index (χ3v) is 11.9. The molecule has 4 atom stereocenters. The van der Waals surface area contributed by atoms with Crippen molar-refractivity contribution in [1.29, 1.82) is 0 Å². The number of aromatic amines is 3. The molecule has 0 unspecified atom stereocenters. The molecule has 298 valence electrons. The van der Waals surface area contributed by atoms with Crippen LogP contribution in [0.1, 0.15) is 83.5 Å². The first-order valence-electron chi connectivity index (χ1n) is 20.6. The highest BCUT2D eigenvalue weighted by atomic mass is 16.2. The van der Waals surface area contributed by atoms with Crippen LogP contribution < -0.4 is 10.6 Å². The number of rotatable bonds is 11. The summed E-state index contributed by atoms with van der Waals surface area (Å²) < 4.78 is 0. The second kappa shape index (κ2) is 15.6. The fourth-order valence-electron chi connectivity index (χ4n) is 8.74. The fraction of sp³-hybridized carbons (Fsp3) is 0.378. The van der Waals surface area contributed by atoms with Crippen molar-refractivity contribution >= 4 is 45.4 Å². The molecule has 9 rings (SSSR count). The lowest BCUT2D eigenvalue weighted by Crippen LogP contribution is -2.50. The summed E-state index contributed by atoms with van der Waals surface area (Å²) in [6.45, 7) is 9.66. The Hall–Kier alpha value is -6.24. The van der Waals surface area contributed by atoms with Gasteiger partial charge in [0.2, 0.25) is 17.8 Å². The van der Waals surface area contributed by atoms with Gasteiger partial charge >= 0.3 is 0 Å². The number of amidine groups is 1. The molecule has 3 aromatic carbocycles. The first-order chi connectivity index (χ1) is 28.2. The van der Waals surface area contributed by atoms with Crippen molar-refractivity contribution in [3.8, 4) is 22.4 Å². The van der Waals surface area contributed by atoms with Crippen LogP contribution in [0.2, 0.25) is 0 Å². The van der Waals surface area contributed by atoms with Crippen LogP contribution in [-0.4, -0.2) is 82.5 Å². The van der Waals surface area contributed by atoms with E-state index in [0.717, 1.165) is 93.8 Å². The monoisotopic (exact) mass is 777 g/mol. The fourth-order valence-corrected chi connectivity index (χ4v) is 8.74. The van der Waals surface area contributed by atoms with Gasteiger partial charge in [0.25, 0.3) is 0 Å². The minimum atomic E-state index is -0.397. The number of H-pyrrole nitrogens is 3. The van der Waals surface area contributed by atoms with Crippen molar-refractivity contribution in [2.45, 2.75) is 84.0 Å². The van der Waals surface area contributed by atoms with Gasteiger partial charge in [0.05, 0.1) is 28.8 Å². The number of fused-ring (bicyclic) bond motifs is 2. The molecule has 58 heavy (non-hydrogen) atoms. The summed E-state index contributed by atoms with van der Waals surface area (Å²) in [5, 5.41) is 8.96. The van der Waals surface area contributed by atoms with Gasteiger partial charge in [-0.1, -0.05) is 64.1 Å². The SMILES string of the molecule is CC(C)[C@H](Nc1ncc[nH]1)C(=O)N1CCC[C@H]1c1nc(-c2ccc3cc(-c4ccc5[nH]c([C@@H]6CCCN6C(=O)[C@@H](NC6=NC=CC6)C(C)C)nc5c4)ccc3c2)c[nH]1. The summed E-state index contributed by atoms with van der Waals surface area (Å²) in [7, 11) is 0. The average molecular weight is 778 g/mol. The van der Waals surface area contributed by atoms with Gasteiger partial charge < -0.3 is 35.4 Å². The lowest BCUT2D eigenvalue weighted by atomic mass is 9.99. The first kappa shape index (κ1) is 37.3. The van der Waals surface area contributed by atoms with Gasteiger partial charge in [-0.2, -0.15) is 0 Å². The molecule has 3 aliphatic rings. The summed E-state index contributed by atoms with van der Waals surface area (Å²) in [5.74, 6) is 3.45. The van der Waals surface area contributed by atoms with Crippen molar-refractivity contribution in [1.82, 2.24) is 45.0 Å². The van der Waals surface area contributed by atoms with E-state index in [2.05, 4.69) is 104 Å². The maximum atomic E-state index is 13.9. The molecule has 13 heteroatoms. The Bertz CT molecular complexity index is 2510. The van der Waals surface area contributed by atoms with Crippen molar-refractivity contribution in [3.05, 3.63) is 97.1 Å². The molecule has 5 N–H and O–H groups in total. The maximum absolute atomic E-state index is 13.9. The number of imidazole rings is 3. The Morgan fingerprint density at radius 2 is 1.41 bits per heavy atom. The van der Waals surface area contributed by atoms with E-state index in [4.69, 9.17) is 9.97 Å². The third kappa shape index (κ3) is 7.25. The van der Waals surface area contributed by atoms with E-state index in [-0.39, 0.29) is 41.8 Å². The Balaban J connectivity index is 0.902. The van der Waals surface area contributed by atoms with E-state index < -0.39 is 6.04 Å². The lowest BCUT2D eigenvalue weighted by Gasteiger charge is -2.30. The van der Waals surface area contributed by atoms with Crippen LogP contribution in [0.5, 0.6) is 0 Å². The van der Waals surface area contributed by atoms with Gasteiger partial charge in [0.15, 0.2) is 0 Å². The summed E-state index contributed by atoms with van der Waals surface area (Å²) in [5.41, 5.74) is 5.90. The van der Waals surface area contributed by atoms with Crippen molar-refractivity contribution in [2.75, 3.05) is 18.4 Å². The van der Waals surface area contributed by atoms with E-state index in [9.17, 15) is 9.59 Å². The van der Waals surface area contributed by atoms with Crippen LogP contribution in [0.15, 0.2) is 90.5 Å². The van der Waals surface area contributed by atoms with Crippen LogP contribution in [0, 0.1) is 11.8 Å². The highest BCUT2D eigenvalue weighted by Gasteiger charge is 2.38. The number of aromatic nitrogens is 6. The molecule has 2 saturated heterocycles. The third-order valence-electron chi connectivity index (χ3n) is 11.9. The summed E-state index contributed by atoms with van der Waals surface area (Å²) in [6, 6.07) is 18.4. The second-order valence-electron chi connectivity index (χ2n) is 16.5. The number of benzene rings is 3. The van der Waals surface area contributed by atoms with Gasteiger partial charge in [-0.3, -0.25) is 9.59 Å². The minimum absolute atomic E-state index is 0.0597. The van der Waals surface area contributed by atoms with Crippen molar-refractivity contribution in [3.63, 3.8) is 0 Å². The van der Waals surface area contributed by atoms with Crippen LogP contribution in [0.4, 0.5) is 5.95 Å². The standard InChI is InChI=1S/C45H51N11O2/c1-26(2)39(53-38-10-5-17-46-38)43(57)56-21-7-9-37(56)42-50-33-16-15-31(24-34(33)51-42)29-11-12-30-23-32(14-13-28(30)22-29)35-25-49-41(52-35)36-8-6-20-55(36)44(58)40(27(3)4)54-45-47-18-19-48-45/h5,11-19,22-27,36-37,39-40H,6-10,20-21H2,1-4H3,(H,46,53)(H,49,52)(H,50,51)(H2,47,48,54)/t36-,37-,39-,40-/m0/s1. The second-order valence-corrected chi connectivity index (χ2v) is 16.5. The number of carbonyl (C=O) groups excluding carboxylic acids is 2. The smallest absolute Gasteiger partial charge is 0.246 e. The summed E-state index contributed by atoms with van der Waals surface area (Å²) in [4.78, 5) is 60.5. The van der Waals surface area contributed by atoms with Gasteiger partial charge in [-0.25, -0.2) is 19.9 Å². The van der Waals surface area contributed by atoms with Gasteiger partial charge in [0.1, 0.15) is 29.6 Å². The average Bonchev–Trinajstić information content (AvgIpc) is 4.08. The zero-order valence-electron chi connectivity index (χ0n) is 33.5. The lowest BCUT2D eigenvalue weighted by molar-refractivity contribution is -0.135. The van der Waals surface area contributed by atoms with Crippen molar-refractivity contribution < 1.29 is 9.59 Å². The molecule has 6 heterocycles. The number of nitrogens with one attached hydrogen (secondary N) is 5. The zero-order chi connectivity index (χ0) is 39.9. The van der Waals surface area contributed by atoms with E-state index in [1.165, 1.54) is 0 Å². The molecule has 3 aliphatic heterocycles. The summed E-state index contributed by atoms with van der Waals surface area (Å²) >= 11 is 0. The molecule has 0 aliphatic carbocycles. The van der Waals surface area contributed by atoms with Crippen molar-refractivity contribution in [2.24, 2.45) is 16.8 Å². The van der Waals surface area contributed by atoms with Crippen LogP contribution in [-0.2, 0) is 9.59 Å². The number of carbonyl (C=O) groups is 2. The largest absolute Gasteiger partial charge is 0.361 e. The number of anilines is 1. The van der Waals surface area contributed by atoms with Crippen LogP contribution in [0.3, 0.4) is 0 Å². The van der Waals surface area contributed by atoms with Gasteiger partial charge in [-0.05, 0) is 83.7 Å². The topological polar surface area (TPSA) is 163 Å². The number of amides is 2. The molecule has 6 aromatic rings. The normalized spacial score (nSPS) is 19.2. The number of hydrogen-bond acceptors (Lipinski definition) is 8. The maximum Gasteiger partial charge on any atom is 0.246 e. The first-order valence-corrected chi connectivity index (χ1v) is 20.6. The Morgan fingerprint density at radius 3 is 2.09 bits per heavy atom. The Kier molecular flexibility index (Phi) is 10.0. The van der Waals surface area contributed by atoms with E-state index >= 15 is 0 Å². The number of nitrogens with zero attached hydrogens (tertiary/aromatic N) is 6. The van der Waals surface area contributed by atoms with E-state index in [0.29, 0.717) is 19.0 Å². The molecule has 0 saturated carbocycles. The molecule has 0 bridgehead atoms. The van der Waals surface area contributed by atoms with E-state index in [1.54, 1.807) is 18.6 Å². The molecule has 2 fully saturated rings. The molecule has 2 amide bonds. The number of hydrogen-bond donors (Lipinski definition) is 5. The number of likely N-dealkylation sites (tertiary alicyclic amines) is 2. The van der Waals surface area contributed by atoms with Gasteiger partial charge in [-0.15, -0.1) is 0 Å². The Labute approximate surface area is 337 Å². The molecule has 3 aromatic heterocycles. The molecule has 0 radical (unpaired) electrons. The van der Waals surface area contributed by atoms with E-state index in [1.807, 2.05) is 35.9 Å². The highest BCUT2D eigenvalue weighted by Crippen LogP contribution is 2.36. The molecular formula is C45H51N11O2. The molecule has 13 nitrogen and oxygen atoms in total. The quantitative estimate of drug-likeness (QED) is 0.0894. The molecule has 0 spiro atoms. The minimum Gasteiger partial charge on any atom is -0.361 e.